The summed E-state index contributed by atoms with van der Waals surface area (Å²) in [4.78, 5) is 32.0. The summed E-state index contributed by atoms with van der Waals surface area (Å²) in [6.07, 6.45) is 5.97. The highest BCUT2D eigenvalue weighted by Gasteiger charge is 2.40. The van der Waals surface area contributed by atoms with Gasteiger partial charge in [0.2, 0.25) is 0 Å². The van der Waals surface area contributed by atoms with Gasteiger partial charge in [-0.2, -0.15) is 0 Å². The van der Waals surface area contributed by atoms with Gasteiger partial charge in [-0.15, -0.1) is 0 Å². The summed E-state index contributed by atoms with van der Waals surface area (Å²) in [5.41, 5.74) is 2.49. The molecule has 3 unspecified atom stereocenters. The molecule has 1 fully saturated rings. The van der Waals surface area contributed by atoms with E-state index in [0.717, 1.165) is 31.6 Å². The molecule has 29 heavy (non-hydrogen) atoms. The minimum absolute atomic E-state index is 0.227. The van der Waals surface area contributed by atoms with Crippen LogP contribution in [-0.4, -0.2) is 34.2 Å². The van der Waals surface area contributed by atoms with Gasteiger partial charge in [-0.3, -0.25) is 14.3 Å². The molecule has 3 aromatic rings. The Morgan fingerprint density at radius 2 is 2.17 bits per heavy atom. The molecule has 0 bridgehead atoms. The third-order valence-electron chi connectivity index (χ3n) is 6.54. The van der Waals surface area contributed by atoms with E-state index in [1.165, 1.54) is 21.9 Å². The second kappa shape index (κ2) is 7.15. The average Bonchev–Trinajstić information content (AvgIpc) is 3.16. The normalized spacial score (nSPS) is 23.0. The van der Waals surface area contributed by atoms with Gasteiger partial charge in [0.1, 0.15) is 5.75 Å². The number of fused-ring (bicyclic) bond motifs is 4. The Bertz CT molecular complexity index is 1180. The van der Waals surface area contributed by atoms with E-state index in [-0.39, 0.29) is 17.3 Å². The van der Waals surface area contributed by atoms with Gasteiger partial charge in [0.05, 0.1) is 24.2 Å². The largest absolute Gasteiger partial charge is 0.496 e. The summed E-state index contributed by atoms with van der Waals surface area (Å²) < 4.78 is 6.89. The van der Waals surface area contributed by atoms with Crippen molar-refractivity contribution < 1.29 is 4.74 Å². The molecule has 1 aliphatic carbocycles. The fraction of sp³-hybridized carbons (Fsp3) is 0.409. The zero-order chi connectivity index (χ0) is 20.0. The molecule has 0 saturated carbocycles. The van der Waals surface area contributed by atoms with Crippen LogP contribution in [0.5, 0.6) is 5.75 Å². The molecule has 7 nitrogen and oxygen atoms in total. The molecule has 1 saturated heterocycles. The molecule has 0 radical (unpaired) electrons. The van der Waals surface area contributed by atoms with Crippen molar-refractivity contribution in [1.82, 2.24) is 19.9 Å². The van der Waals surface area contributed by atoms with Crippen molar-refractivity contribution in [3.8, 4) is 5.75 Å². The molecule has 1 aromatic carbocycles. The lowest BCUT2D eigenvalue weighted by atomic mass is 9.73. The standard InChI is InChI=1S/C22H24N4O3/c1-29-19-4-2-3-15-14(19)6-5-13-11-24-17(20(13)15)8-10-26-21(27)16-7-9-23-12-18(16)25-22(26)28/h2-4,7,9,12-13,17,20,24H,5-6,8,10-11H2,1H3,(H,25,28). The molecule has 3 heterocycles. The van der Waals surface area contributed by atoms with Crippen molar-refractivity contribution in [3.05, 3.63) is 68.6 Å². The summed E-state index contributed by atoms with van der Waals surface area (Å²) in [5, 5.41) is 4.14. The number of methoxy groups -OCH3 is 1. The first-order chi connectivity index (χ1) is 14.2. The van der Waals surface area contributed by atoms with Crippen LogP contribution in [0.15, 0.2) is 46.2 Å². The van der Waals surface area contributed by atoms with E-state index < -0.39 is 0 Å². The van der Waals surface area contributed by atoms with Crippen LogP contribution < -0.4 is 21.3 Å². The maximum absolute atomic E-state index is 12.8. The summed E-state index contributed by atoms with van der Waals surface area (Å²) in [6, 6.07) is 8.17. The molecule has 7 heteroatoms. The Kier molecular flexibility index (Phi) is 4.47. The zero-order valence-electron chi connectivity index (χ0n) is 16.4. The van der Waals surface area contributed by atoms with Gasteiger partial charge in [-0.05, 0) is 55.0 Å². The summed E-state index contributed by atoms with van der Waals surface area (Å²) in [7, 11) is 1.72. The Hall–Kier alpha value is -2.93. The number of rotatable bonds is 4. The first-order valence-corrected chi connectivity index (χ1v) is 10.1. The molecule has 3 atom stereocenters. The molecule has 5 rings (SSSR count). The van der Waals surface area contributed by atoms with Crippen LogP contribution in [0.25, 0.3) is 10.9 Å². The van der Waals surface area contributed by atoms with Gasteiger partial charge in [-0.25, -0.2) is 4.79 Å². The van der Waals surface area contributed by atoms with Gasteiger partial charge < -0.3 is 15.0 Å². The van der Waals surface area contributed by atoms with Crippen LogP contribution in [0.2, 0.25) is 0 Å². The number of nitrogens with one attached hydrogen (secondary N) is 2. The second-order valence-electron chi connectivity index (χ2n) is 7.96. The topological polar surface area (TPSA) is 89.0 Å². The van der Waals surface area contributed by atoms with Crippen molar-refractivity contribution in [2.45, 2.75) is 37.8 Å². The van der Waals surface area contributed by atoms with E-state index in [1.54, 1.807) is 19.4 Å². The lowest BCUT2D eigenvalue weighted by Crippen LogP contribution is -2.38. The van der Waals surface area contributed by atoms with Gasteiger partial charge in [0, 0.05) is 24.7 Å². The van der Waals surface area contributed by atoms with Crippen molar-refractivity contribution in [3.63, 3.8) is 0 Å². The highest BCUT2D eigenvalue weighted by molar-refractivity contribution is 5.75. The first kappa shape index (κ1) is 18.1. The van der Waals surface area contributed by atoms with E-state index in [9.17, 15) is 9.59 Å². The number of hydrogen-bond acceptors (Lipinski definition) is 5. The third kappa shape index (κ3) is 2.97. The minimum Gasteiger partial charge on any atom is -0.496 e. The number of H-pyrrole nitrogens is 1. The maximum atomic E-state index is 12.8. The van der Waals surface area contributed by atoms with Crippen molar-refractivity contribution in [1.29, 1.82) is 0 Å². The molecular formula is C22H24N4O3. The summed E-state index contributed by atoms with van der Waals surface area (Å²) in [5.74, 6) is 1.92. The lowest BCUT2D eigenvalue weighted by molar-refractivity contribution is 0.371. The van der Waals surface area contributed by atoms with E-state index >= 15 is 0 Å². The second-order valence-corrected chi connectivity index (χ2v) is 7.96. The van der Waals surface area contributed by atoms with Crippen LogP contribution in [0.1, 0.15) is 29.9 Å². The molecule has 2 aromatic heterocycles. The molecule has 150 valence electrons. The Morgan fingerprint density at radius 3 is 3.03 bits per heavy atom. The minimum atomic E-state index is -0.379. The fourth-order valence-corrected chi connectivity index (χ4v) is 5.17. The molecular weight excluding hydrogens is 368 g/mol. The Morgan fingerprint density at radius 1 is 1.28 bits per heavy atom. The maximum Gasteiger partial charge on any atom is 0.328 e. The van der Waals surface area contributed by atoms with Crippen LogP contribution in [0, 0.1) is 5.92 Å². The average molecular weight is 392 g/mol. The third-order valence-corrected chi connectivity index (χ3v) is 6.54. The van der Waals surface area contributed by atoms with Gasteiger partial charge >= 0.3 is 5.69 Å². The van der Waals surface area contributed by atoms with Crippen LogP contribution in [0.3, 0.4) is 0 Å². The summed E-state index contributed by atoms with van der Waals surface area (Å²) in [6.45, 7) is 1.35. The van der Waals surface area contributed by atoms with Gasteiger partial charge in [-0.1, -0.05) is 12.1 Å². The van der Waals surface area contributed by atoms with Crippen LogP contribution in [-0.2, 0) is 13.0 Å². The SMILES string of the molecule is COc1cccc2c1CCC1CNC(CCn3c(=O)[nH]c4cnccc4c3=O)C21. The Balaban J connectivity index is 1.44. The smallest absolute Gasteiger partial charge is 0.328 e. The van der Waals surface area contributed by atoms with E-state index in [2.05, 4.69) is 27.4 Å². The van der Waals surface area contributed by atoms with Gasteiger partial charge in [0.15, 0.2) is 0 Å². The zero-order valence-corrected chi connectivity index (χ0v) is 16.4. The fourth-order valence-electron chi connectivity index (χ4n) is 5.17. The predicted molar refractivity (Wildman–Crippen MR) is 111 cm³/mol. The monoisotopic (exact) mass is 392 g/mol. The molecule has 0 spiro atoms. The van der Waals surface area contributed by atoms with Crippen molar-refractivity contribution in [2.75, 3.05) is 13.7 Å². The number of nitrogens with zero attached hydrogens (tertiary/aromatic N) is 2. The van der Waals surface area contributed by atoms with Crippen molar-refractivity contribution >= 4 is 10.9 Å². The number of benzene rings is 1. The van der Waals surface area contributed by atoms with Gasteiger partial charge in [0.25, 0.3) is 5.56 Å². The van der Waals surface area contributed by atoms with E-state index in [1.807, 2.05) is 6.07 Å². The first-order valence-electron chi connectivity index (χ1n) is 10.1. The lowest BCUT2D eigenvalue weighted by Gasteiger charge is -2.32. The molecule has 2 N–H and O–H groups in total. The van der Waals surface area contributed by atoms with Crippen LogP contribution in [0.4, 0.5) is 0 Å². The number of hydrogen-bond donors (Lipinski definition) is 2. The summed E-state index contributed by atoms with van der Waals surface area (Å²) >= 11 is 0. The van der Waals surface area contributed by atoms with E-state index in [0.29, 0.717) is 29.3 Å². The molecule has 1 aliphatic heterocycles. The van der Waals surface area contributed by atoms with Crippen molar-refractivity contribution in [2.24, 2.45) is 5.92 Å². The Labute approximate surface area is 167 Å². The number of aromatic nitrogens is 3. The van der Waals surface area contributed by atoms with E-state index in [4.69, 9.17) is 4.74 Å². The molecule has 0 amide bonds. The van der Waals surface area contributed by atoms with Crippen LogP contribution >= 0.6 is 0 Å². The number of ether oxygens (including phenoxy) is 1. The number of aromatic amines is 1. The number of pyridine rings is 1. The highest BCUT2D eigenvalue weighted by atomic mass is 16.5. The quantitative estimate of drug-likeness (QED) is 0.707. The predicted octanol–water partition coefficient (Wildman–Crippen LogP) is 1.80. The highest BCUT2D eigenvalue weighted by Crippen LogP contribution is 2.45. The molecule has 2 aliphatic rings.